The summed E-state index contributed by atoms with van der Waals surface area (Å²) in [6.07, 6.45) is -4.66. The summed E-state index contributed by atoms with van der Waals surface area (Å²) < 4.78 is 41.4. The van der Waals surface area contributed by atoms with Gasteiger partial charge in [-0.3, -0.25) is 10.0 Å². The lowest BCUT2D eigenvalue weighted by molar-refractivity contribution is -0.139. The van der Waals surface area contributed by atoms with Crippen LogP contribution >= 0.6 is 0 Å². The molecule has 27 heavy (non-hydrogen) atoms. The number of halogens is 3. The molecule has 0 fully saturated rings. The SMILES string of the molecule is O=C(NO)C(c1ccccc1)c1ccc(-c2ccccc2)cc1C(F)(F)F. The first-order valence-electron chi connectivity index (χ1n) is 8.17. The second-order valence-corrected chi connectivity index (χ2v) is 5.99. The van der Waals surface area contributed by atoms with Gasteiger partial charge in [0.15, 0.2) is 0 Å². The quantitative estimate of drug-likeness (QED) is 0.500. The molecule has 0 aromatic heterocycles. The summed E-state index contributed by atoms with van der Waals surface area (Å²) in [6.45, 7) is 0. The molecule has 3 aromatic rings. The van der Waals surface area contributed by atoms with Gasteiger partial charge in [-0.1, -0.05) is 72.8 Å². The number of alkyl halides is 3. The maximum absolute atomic E-state index is 13.8. The van der Waals surface area contributed by atoms with E-state index in [4.69, 9.17) is 5.21 Å². The predicted octanol–water partition coefficient (Wildman–Crippen LogP) is 5.01. The Bertz CT molecular complexity index is 925. The van der Waals surface area contributed by atoms with Crippen molar-refractivity contribution in [2.45, 2.75) is 12.1 Å². The van der Waals surface area contributed by atoms with Gasteiger partial charge in [0.2, 0.25) is 0 Å². The molecular formula is C21H16F3NO2. The standard InChI is InChI=1S/C21H16F3NO2/c22-21(23,24)18-13-16(14-7-3-1-4-8-14)11-12-17(18)19(20(26)25-27)15-9-5-2-6-10-15/h1-13,19,27H,(H,25,26). The number of amides is 1. The second-order valence-electron chi connectivity index (χ2n) is 5.99. The number of benzene rings is 3. The molecule has 0 aliphatic rings. The zero-order chi connectivity index (χ0) is 19.4. The Hall–Kier alpha value is -3.12. The van der Waals surface area contributed by atoms with Gasteiger partial charge in [-0.25, -0.2) is 5.48 Å². The van der Waals surface area contributed by atoms with Crippen LogP contribution in [0.25, 0.3) is 11.1 Å². The zero-order valence-corrected chi connectivity index (χ0v) is 14.1. The molecule has 0 radical (unpaired) electrons. The first kappa shape index (κ1) is 18.7. The van der Waals surface area contributed by atoms with Crippen molar-refractivity contribution in [2.24, 2.45) is 0 Å². The van der Waals surface area contributed by atoms with E-state index in [0.717, 1.165) is 6.07 Å². The molecule has 0 aliphatic carbocycles. The molecule has 0 heterocycles. The fourth-order valence-electron chi connectivity index (χ4n) is 3.05. The van der Waals surface area contributed by atoms with Crippen LogP contribution in [-0.2, 0) is 11.0 Å². The maximum atomic E-state index is 13.8. The van der Waals surface area contributed by atoms with Gasteiger partial charge in [-0.2, -0.15) is 13.2 Å². The molecule has 0 aliphatic heterocycles. The van der Waals surface area contributed by atoms with Crippen molar-refractivity contribution in [2.75, 3.05) is 0 Å². The minimum Gasteiger partial charge on any atom is -0.289 e. The fraction of sp³-hybridized carbons (Fsp3) is 0.0952. The second kappa shape index (κ2) is 7.63. The molecule has 1 atom stereocenters. The normalized spacial score (nSPS) is 12.4. The highest BCUT2D eigenvalue weighted by Crippen LogP contribution is 2.39. The summed E-state index contributed by atoms with van der Waals surface area (Å²) in [5, 5.41) is 9.07. The van der Waals surface area contributed by atoms with Crippen molar-refractivity contribution in [1.82, 2.24) is 5.48 Å². The molecule has 0 bridgehead atoms. The van der Waals surface area contributed by atoms with Crippen LogP contribution in [0.15, 0.2) is 78.9 Å². The summed E-state index contributed by atoms with van der Waals surface area (Å²) in [4.78, 5) is 12.2. The van der Waals surface area contributed by atoms with E-state index in [0.29, 0.717) is 16.7 Å². The lowest BCUT2D eigenvalue weighted by atomic mass is 9.85. The van der Waals surface area contributed by atoms with Crippen LogP contribution in [0.5, 0.6) is 0 Å². The van der Waals surface area contributed by atoms with Crippen LogP contribution in [-0.4, -0.2) is 11.1 Å². The van der Waals surface area contributed by atoms with Crippen molar-refractivity contribution >= 4 is 5.91 Å². The first-order valence-corrected chi connectivity index (χ1v) is 8.17. The Kier molecular flexibility index (Phi) is 5.28. The third-order valence-electron chi connectivity index (χ3n) is 4.28. The number of carbonyl (C=O) groups excluding carboxylic acids is 1. The number of carbonyl (C=O) groups is 1. The summed E-state index contributed by atoms with van der Waals surface area (Å²) in [7, 11) is 0. The van der Waals surface area contributed by atoms with Crippen molar-refractivity contribution in [1.29, 1.82) is 0 Å². The van der Waals surface area contributed by atoms with Crippen LogP contribution < -0.4 is 5.48 Å². The largest absolute Gasteiger partial charge is 0.416 e. The summed E-state index contributed by atoms with van der Waals surface area (Å²) >= 11 is 0. The Morgan fingerprint density at radius 1 is 0.852 bits per heavy atom. The van der Waals surface area contributed by atoms with Crippen LogP contribution in [0.3, 0.4) is 0 Å². The van der Waals surface area contributed by atoms with Gasteiger partial charge in [0, 0.05) is 0 Å². The van der Waals surface area contributed by atoms with Gasteiger partial charge in [0.05, 0.1) is 11.5 Å². The number of rotatable bonds is 4. The highest BCUT2D eigenvalue weighted by Gasteiger charge is 2.37. The van der Waals surface area contributed by atoms with E-state index >= 15 is 0 Å². The van der Waals surface area contributed by atoms with Gasteiger partial charge in [-0.15, -0.1) is 0 Å². The smallest absolute Gasteiger partial charge is 0.289 e. The topological polar surface area (TPSA) is 49.3 Å². The van der Waals surface area contributed by atoms with Gasteiger partial charge in [0.25, 0.3) is 5.91 Å². The molecule has 3 nitrogen and oxygen atoms in total. The Balaban J connectivity index is 2.19. The third kappa shape index (κ3) is 4.01. The molecule has 6 heteroatoms. The number of nitrogens with one attached hydrogen (secondary N) is 1. The third-order valence-corrected chi connectivity index (χ3v) is 4.28. The number of hydroxylamine groups is 1. The molecule has 1 unspecified atom stereocenters. The maximum Gasteiger partial charge on any atom is 0.416 e. The molecule has 3 rings (SSSR count). The van der Waals surface area contributed by atoms with Crippen molar-refractivity contribution in [3.05, 3.63) is 95.6 Å². The fourth-order valence-corrected chi connectivity index (χ4v) is 3.05. The highest BCUT2D eigenvalue weighted by atomic mass is 19.4. The van der Waals surface area contributed by atoms with E-state index in [-0.39, 0.29) is 5.56 Å². The molecule has 138 valence electrons. The van der Waals surface area contributed by atoms with E-state index in [1.54, 1.807) is 66.7 Å². The highest BCUT2D eigenvalue weighted by molar-refractivity contribution is 5.87. The van der Waals surface area contributed by atoms with Crippen molar-refractivity contribution < 1.29 is 23.2 Å². The van der Waals surface area contributed by atoms with E-state index in [1.165, 1.54) is 11.5 Å². The summed E-state index contributed by atoms with van der Waals surface area (Å²) in [6, 6.07) is 20.6. The number of hydrogen-bond acceptors (Lipinski definition) is 2. The van der Waals surface area contributed by atoms with Crippen molar-refractivity contribution in [3.8, 4) is 11.1 Å². The Morgan fingerprint density at radius 3 is 2.00 bits per heavy atom. The summed E-state index contributed by atoms with van der Waals surface area (Å²) in [5.41, 5.74) is 1.72. The molecule has 1 amide bonds. The van der Waals surface area contributed by atoms with Crippen LogP contribution in [0, 0.1) is 0 Å². The average molecular weight is 371 g/mol. The van der Waals surface area contributed by atoms with Gasteiger partial charge >= 0.3 is 6.18 Å². The monoisotopic (exact) mass is 371 g/mol. The van der Waals surface area contributed by atoms with Gasteiger partial charge < -0.3 is 0 Å². The molecule has 3 aromatic carbocycles. The molecule has 0 saturated heterocycles. The Morgan fingerprint density at radius 2 is 1.44 bits per heavy atom. The molecule has 2 N–H and O–H groups in total. The molecule has 0 spiro atoms. The number of hydrogen-bond donors (Lipinski definition) is 2. The first-order chi connectivity index (χ1) is 12.9. The minimum atomic E-state index is -4.66. The molecule has 0 saturated carbocycles. The van der Waals surface area contributed by atoms with E-state index < -0.39 is 23.6 Å². The van der Waals surface area contributed by atoms with Gasteiger partial charge in [0.1, 0.15) is 0 Å². The zero-order valence-electron chi connectivity index (χ0n) is 14.1. The average Bonchev–Trinajstić information content (AvgIpc) is 2.69. The predicted molar refractivity (Wildman–Crippen MR) is 95.1 cm³/mol. The van der Waals surface area contributed by atoms with Crippen LogP contribution in [0.2, 0.25) is 0 Å². The van der Waals surface area contributed by atoms with Gasteiger partial charge in [-0.05, 0) is 28.3 Å². The molecular weight excluding hydrogens is 355 g/mol. The van der Waals surface area contributed by atoms with Crippen LogP contribution in [0.1, 0.15) is 22.6 Å². The van der Waals surface area contributed by atoms with E-state index in [9.17, 15) is 18.0 Å². The Labute approximate surface area is 154 Å². The minimum absolute atomic E-state index is 0.222. The van der Waals surface area contributed by atoms with Crippen molar-refractivity contribution in [3.63, 3.8) is 0 Å². The van der Waals surface area contributed by atoms with Crippen LogP contribution in [0.4, 0.5) is 13.2 Å². The van der Waals surface area contributed by atoms with E-state index in [1.807, 2.05) is 0 Å². The van der Waals surface area contributed by atoms with E-state index in [2.05, 4.69) is 0 Å². The summed E-state index contributed by atoms with van der Waals surface area (Å²) in [5.74, 6) is -2.23. The lowest BCUT2D eigenvalue weighted by Crippen LogP contribution is -2.29. The lowest BCUT2D eigenvalue weighted by Gasteiger charge is -2.21.